The van der Waals surface area contributed by atoms with Gasteiger partial charge in [0.15, 0.2) is 5.16 Å². The van der Waals surface area contributed by atoms with Crippen molar-refractivity contribution in [2.45, 2.75) is 32.0 Å². The number of hydrogen-bond acceptors (Lipinski definition) is 6. The van der Waals surface area contributed by atoms with E-state index in [0.29, 0.717) is 6.61 Å². The van der Waals surface area contributed by atoms with Crippen molar-refractivity contribution in [3.8, 4) is 0 Å². The quantitative estimate of drug-likeness (QED) is 0.559. The summed E-state index contributed by atoms with van der Waals surface area (Å²) in [7, 11) is 0. The summed E-state index contributed by atoms with van der Waals surface area (Å²) in [5.74, 6) is 1.68. The van der Waals surface area contributed by atoms with E-state index in [0.717, 1.165) is 29.9 Å². The maximum atomic E-state index is 5.38. The van der Waals surface area contributed by atoms with Crippen molar-refractivity contribution in [3.63, 3.8) is 0 Å². The lowest BCUT2D eigenvalue weighted by Crippen LogP contribution is -2.22. The standard InChI is InChI=1S/C12H22N4OS/c1-5-13-10-7-11(16-12(15-10)18-4)14-9(3)8-17-6-2/h7,9H,5-6,8H2,1-4H3,(H2,13,14,15,16). The molecule has 1 atom stereocenters. The van der Waals surface area contributed by atoms with Gasteiger partial charge in [0, 0.05) is 25.3 Å². The smallest absolute Gasteiger partial charge is 0.191 e. The number of nitrogens with zero attached hydrogens (tertiary/aromatic N) is 2. The molecule has 0 saturated carbocycles. The van der Waals surface area contributed by atoms with Crippen LogP contribution in [-0.4, -0.2) is 42.0 Å². The Morgan fingerprint density at radius 2 is 2.06 bits per heavy atom. The van der Waals surface area contributed by atoms with Gasteiger partial charge in [-0.15, -0.1) is 0 Å². The Morgan fingerprint density at radius 3 is 2.67 bits per heavy atom. The van der Waals surface area contributed by atoms with E-state index in [1.807, 2.05) is 26.2 Å². The van der Waals surface area contributed by atoms with Crippen LogP contribution in [0.3, 0.4) is 0 Å². The van der Waals surface area contributed by atoms with Gasteiger partial charge in [-0.1, -0.05) is 11.8 Å². The van der Waals surface area contributed by atoms with Crippen molar-refractivity contribution in [2.75, 3.05) is 36.6 Å². The number of hydrogen-bond donors (Lipinski definition) is 2. The predicted molar refractivity (Wildman–Crippen MR) is 77.6 cm³/mol. The van der Waals surface area contributed by atoms with E-state index in [1.54, 1.807) is 0 Å². The summed E-state index contributed by atoms with van der Waals surface area (Å²) in [6.45, 7) is 8.36. The molecule has 0 radical (unpaired) electrons. The fourth-order valence-corrected chi connectivity index (χ4v) is 1.83. The zero-order valence-electron chi connectivity index (χ0n) is 11.5. The van der Waals surface area contributed by atoms with Crippen molar-refractivity contribution in [1.82, 2.24) is 9.97 Å². The van der Waals surface area contributed by atoms with Crippen LogP contribution in [0.15, 0.2) is 11.2 Å². The molecule has 0 aromatic carbocycles. The molecule has 0 spiro atoms. The zero-order chi connectivity index (χ0) is 13.4. The predicted octanol–water partition coefficient (Wildman–Crippen LogP) is 2.47. The molecule has 1 aromatic heterocycles. The van der Waals surface area contributed by atoms with Crippen LogP contribution in [0, 0.1) is 0 Å². The van der Waals surface area contributed by atoms with E-state index in [4.69, 9.17) is 4.74 Å². The van der Waals surface area contributed by atoms with Crippen molar-refractivity contribution < 1.29 is 4.74 Å². The molecule has 0 saturated heterocycles. The van der Waals surface area contributed by atoms with Gasteiger partial charge in [0.2, 0.25) is 0 Å². The Bertz CT molecular complexity index is 362. The summed E-state index contributed by atoms with van der Waals surface area (Å²) in [5, 5.41) is 7.29. The van der Waals surface area contributed by atoms with Gasteiger partial charge in [-0.2, -0.15) is 0 Å². The fraction of sp³-hybridized carbons (Fsp3) is 0.667. The van der Waals surface area contributed by atoms with Crippen LogP contribution in [0.2, 0.25) is 0 Å². The summed E-state index contributed by atoms with van der Waals surface area (Å²) in [6, 6.07) is 2.15. The van der Waals surface area contributed by atoms with Gasteiger partial charge in [-0.05, 0) is 27.0 Å². The Hall–Kier alpha value is -1.01. The van der Waals surface area contributed by atoms with E-state index >= 15 is 0 Å². The normalized spacial score (nSPS) is 12.2. The second-order valence-corrected chi connectivity index (χ2v) is 4.63. The van der Waals surface area contributed by atoms with E-state index in [-0.39, 0.29) is 6.04 Å². The summed E-state index contributed by atoms with van der Waals surface area (Å²) in [6.07, 6.45) is 1.97. The number of aromatic nitrogens is 2. The second kappa shape index (κ2) is 8.16. The van der Waals surface area contributed by atoms with Crippen molar-refractivity contribution in [3.05, 3.63) is 6.07 Å². The zero-order valence-corrected chi connectivity index (χ0v) is 12.3. The van der Waals surface area contributed by atoms with Gasteiger partial charge in [0.25, 0.3) is 0 Å². The van der Waals surface area contributed by atoms with E-state index < -0.39 is 0 Å². The first-order valence-corrected chi connectivity index (χ1v) is 7.43. The number of anilines is 2. The number of ether oxygens (including phenoxy) is 1. The molecule has 0 amide bonds. The summed E-state index contributed by atoms with van der Waals surface area (Å²) >= 11 is 1.53. The van der Waals surface area contributed by atoms with Gasteiger partial charge in [0.1, 0.15) is 11.6 Å². The lowest BCUT2D eigenvalue weighted by atomic mass is 10.3. The molecule has 1 aromatic rings. The molecule has 102 valence electrons. The Balaban J connectivity index is 2.71. The molecular formula is C12H22N4OS. The molecule has 1 unspecified atom stereocenters. The molecule has 18 heavy (non-hydrogen) atoms. The average molecular weight is 270 g/mol. The summed E-state index contributed by atoms with van der Waals surface area (Å²) in [5.41, 5.74) is 0. The van der Waals surface area contributed by atoms with Gasteiger partial charge in [-0.3, -0.25) is 0 Å². The average Bonchev–Trinajstić information content (AvgIpc) is 2.36. The minimum absolute atomic E-state index is 0.226. The monoisotopic (exact) mass is 270 g/mol. The second-order valence-electron chi connectivity index (χ2n) is 3.86. The molecule has 1 rings (SSSR count). The van der Waals surface area contributed by atoms with Crippen LogP contribution in [0.1, 0.15) is 20.8 Å². The minimum atomic E-state index is 0.226. The van der Waals surface area contributed by atoms with Crippen LogP contribution in [0.5, 0.6) is 0 Å². The third-order valence-corrected chi connectivity index (χ3v) is 2.76. The number of nitrogens with one attached hydrogen (secondary N) is 2. The molecule has 0 aliphatic carbocycles. The van der Waals surface area contributed by atoms with Gasteiger partial charge in [0.05, 0.1) is 6.61 Å². The number of thioether (sulfide) groups is 1. The van der Waals surface area contributed by atoms with Gasteiger partial charge >= 0.3 is 0 Å². The van der Waals surface area contributed by atoms with E-state index in [1.165, 1.54) is 11.8 Å². The highest BCUT2D eigenvalue weighted by Gasteiger charge is 2.07. The van der Waals surface area contributed by atoms with Crippen LogP contribution in [0.4, 0.5) is 11.6 Å². The topological polar surface area (TPSA) is 59.1 Å². The van der Waals surface area contributed by atoms with E-state index in [9.17, 15) is 0 Å². The van der Waals surface area contributed by atoms with Crippen LogP contribution in [0.25, 0.3) is 0 Å². The summed E-state index contributed by atoms with van der Waals surface area (Å²) in [4.78, 5) is 8.81. The molecule has 0 aliphatic rings. The molecule has 0 fully saturated rings. The molecule has 0 bridgehead atoms. The Labute approximate surface area is 113 Å². The largest absolute Gasteiger partial charge is 0.380 e. The highest BCUT2D eigenvalue weighted by Crippen LogP contribution is 2.17. The maximum Gasteiger partial charge on any atom is 0.191 e. The van der Waals surface area contributed by atoms with Gasteiger partial charge < -0.3 is 15.4 Å². The SMILES string of the molecule is CCNc1cc(NC(C)COCC)nc(SC)n1. The van der Waals surface area contributed by atoms with Crippen LogP contribution >= 0.6 is 11.8 Å². The van der Waals surface area contributed by atoms with Crippen molar-refractivity contribution in [1.29, 1.82) is 0 Å². The maximum absolute atomic E-state index is 5.38. The Morgan fingerprint density at radius 1 is 1.33 bits per heavy atom. The molecule has 1 heterocycles. The molecule has 5 nitrogen and oxygen atoms in total. The van der Waals surface area contributed by atoms with Crippen molar-refractivity contribution in [2.24, 2.45) is 0 Å². The summed E-state index contributed by atoms with van der Waals surface area (Å²) < 4.78 is 5.38. The third-order valence-electron chi connectivity index (χ3n) is 2.21. The minimum Gasteiger partial charge on any atom is -0.380 e. The molecule has 2 N–H and O–H groups in total. The molecular weight excluding hydrogens is 248 g/mol. The fourth-order valence-electron chi connectivity index (χ4n) is 1.45. The van der Waals surface area contributed by atoms with E-state index in [2.05, 4.69) is 27.5 Å². The van der Waals surface area contributed by atoms with Crippen LogP contribution < -0.4 is 10.6 Å². The Kier molecular flexibility index (Phi) is 6.82. The third kappa shape index (κ3) is 5.10. The lowest BCUT2D eigenvalue weighted by Gasteiger charge is -2.15. The molecule has 6 heteroatoms. The first-order valence-electron chi connectivity index (χ1n) is 6.20. The molecule has 0 aliphatic heterocycles. The lowest BCUT2D eigenvalue weighted by molar-refractivity contribution is 0.141. The first kappa shape index (κ1) is 15.0. The van der Waals surface area contributed by atoms with Gasteiger partial charge in [-0.25, -0.2) is 9.97 Å². The number of rotatable bonds is 8. The van der Waals surface area contributed by atoms with Crippen LogP contribution in [-0.2, 0) is 4.74 Å². The highest BCUT2D eigenvalue weighted by atomic mass is 32.2. The first-order chi connectivity index (χ1) is 8.69. The van der Waals surface area contributed by atoms with Crippen molar-refractivity contribution >= 4 is 23.4 Å². The highest BCUT2D eigenvalue weighted by molar-refractivity contribution is 7.98.